The first kappa shape index (κ1) is 27.0. The van der Waals surface area contributed by atoms with Gasteiger partial charge < -0.3 is 19.7 Å². The Morgan fingerprint density at radius 2 is 1.82 bits per heavy atom. The van der Waals surface area contributed by atoms with Crippen LogP contribution in [0.25, 0.3) is 0 Å². The topological polar surface area (TPSA) is 91.8 Å². The number of rotatable bonds is 9. The third-order valence-corrected chi connectivity index (χ3v) is 11.0. The number of pyridine rings is 1. The molecule has 0 fully saturated rings. The Morgan fingerprint density at radius 3 is 2.30 bits per heavy atom. The quantitative estimate of drug-likeness (QED) is 0.379. The van der Waals surface area contributed by atoms with Crippen LogP contribution in [0.2, 0.25) is 18.1 Å². The van der Waals surface area contributed by atoms with Crippen molar-refractivity contribution in [3.63, 3.8) is 0 Å². The number of benzene rings is 1. The Kier molecular flexibility index (Phi) is 9.22. The van der Waals surface area contributed by atoms with Crippen molar-refractivity contribution >= 4 is 42.1 Å². The van der Waals surface area contributed by atoms with Crippen molar-refractivity contribution in [1.82, 2.24) is 9.88 Å². The third kappa shape index (κ3) is 8.24. The number of nitrogens with zero attached hydrogens (tertiary/aromatic N) is 2. The Labute approximate surface area is 205 Å². The second kappa shape index (κ2) is 11.3. The molecule has 1 aromatic heterocycles. The molecule has 0 unspecified atom stereocenters. The van der Waals surface area contributed by atoms with Crippen LogP contribution in [0.5, 0.6) is 0 Å². The number of amides is 2. The molecule has 0 saturated carbocycles. The zero-order valence-corrected chi connectivity index (χ0v) is 22.8. The average Bonchev–Trinajstić information content (AvgIpc) is 2.70. The van der Waals surface area contributed by atoms with Crippen molar-refractivity contribution < 1.29 is 19.1 Å². The van der Waals surface area contributed by atoms with E-state index in [1.807, 2.05) is 30.3 Å². The highest BCUT2D eigenvalue weighted by molar-refractivity contribution is 9.10. The number of carbonyl (C=O) groups is 2. The highest BCUT2D eigenvalue weighted by Crippen LogP contribution is 2.40. The minimum atomic E-state index is -2.21. The molecule has 7 nitrogen and oxygen atoms in total. The highest BCUT2D eigenvalue weighted by atomic mass is 79.9. The molecular weight excluding hydrogens is 502 g/mol. The molecule has 180 valence electrons. The van der Waals surface area contributed by atoms with E-state index in [4.69, 9.17) is 4.43 Å². The number of carbonyl (C=O) groups excluding carboxylic acids is 1. The summed E-state index contributed by atoms with van der Waals surface area (Å²) in [7, 11) is -2.21. The number of anilines is 1. The molecule has 9 heteroatoms. The van der Waals surface area contributed by atoms with Gasteiger partial charge in [-0.05, 0) is 53.9 Å². The van der Waals surface area contributed by atoms with Gasteiger partial charge in [-0.15, -0.1) is 0 Å². The molecule has 0 spiro atoms. The summed E-state index contributed by atoms with van der Waals surface area (Å²) in [6, 6.07) is 11.4. The fourth-order valence-electron chi connectivity index (χ4n) is 2.97. The van der Waals surface area contributed by atoms with Gasteiger partial charge in [-0.25, -0.2) is 9.78 Å². The van der Waals surface area contributed by atoms with Gasteiger partial charge in [-0.3, -0.25) is 4.79 Å². The van der Waals surface area contributed by atoms with E-state index in [9.17, 15) is 14.7 Å². The Bertz CT molecular complexity index is 944. The largest absolute Gasteiger partial charge is 0.465 e. The molecule has 0 radical (unpaired) electrons. The summed E-state index contributed by atoms with van der Waals surface area (Å²) >= 11 is 3.42. The lowest BCUT2D eigenvalue weighted by Gasteiger charge is -2.40. The molecule has 0 bridgehead atoms. The van der Waals surface area contributed by atoms with Gasteiger partial charge in [0.05, 0.1) is 12.6 Å². The van der Waals surface area contributed by atoms with E-state index in [0.717, 1.165) is 15.6 Å². The van der Waals surface area contributed by atoms with Crippen LogP contribution in [0.15, 0.2) is 47.1 Å². The summed E-state index contributed by atoms with van der Waals surface area (Å²) in [6.45, 7) is 12.7. The van der Waals surface area contributed by atoms with Crippen molar-refractivity contribution in [1.29, 1.82) is 0 Å². The minimum Gasteiger partial charge on any atom is -0.465 e. The van der Waals surface area contributed by atoms with Crippen LogP contribution < -0.4 is 5.32 Å². The van der Waals surface area contributed by atoms with Gasteiger partial charge in [0.1, 0.15) is 5.82 Å². The Hall–Kier alpha value is -2.23. The van der Waals surface area contributed by atoms with Gasteiger partial charge in [-0.2, -0.15) is 0 Å². The van der Waals surface area contributed by atoms with Crippen LogP contribution in [0.4, 0.5) is 10.6 Å². The summed E-state index contributed by atoms with van der Waals surface area (Å²) in [5.74, 6) is 0.247. The summed E-state index contributed by atoms with van der Waals surface area (Å²) in [5, 5.41) is 12.5. The van der Waals surface area contributed by atoms with E-state index < -0.39 is 20.5 Å². The summed E-state index contributed by atoms with van der Waals surface area (Å²) < 4.78 is 7.64. The minimum absolute atomic E-state index is 0.0414. The predicted molar refractivity (Wildman–Crippen MR) is 137 cm³/mol. The number of hydrogen-bond acceptors (Lipinski definition) is 4. The van der Waals surface area contributed by atoms with E-state index in [1.54, 1.807) is 12.3 Å². The lowest BCUT2D eigenvalue weighted by atomic mass is 10.1. The molecule has 0 aliphatic carbocycles. The average molecular weight is 537 g/mol. The molecule has 1 heterocycles. The van der Waals surface area contributed by atoms with Crippen molar-refractivity contribution in [2.24, 2.45) is 0 Å². The Morgan fingerprint density at radius 1 is 1.18 bits per heavy atom. The standard InChI is InChI=1S/C24H34BrN3O4Si/c1-17(29)27-22-12-9-19(15-26-22)21(32-33(5,6)24(2,3)4)16-28(23(30)31)14-13-18-7-10-20(25)11-8-18/h7-12,15,21H,13-14,16H2,1-6H3,(H,30,31)(H,26,27,29)/t21-/m1/s1. The fourth-order valence-corrected chi connectivity index (χ4v) is 4.51. The fraction of sp³-hybridized carbons (Fsp3) is 0.458. The summed E-state index contributed by atoms with van der Waals surface area (Å²) in [5.41, 5.74) is 1.84. The molecular formula is C24H34BrN3O4Si. The SMILES string of the molecule is CC(=O)Nc1ccc([C@@H](CN(CCc2ccc(Br)cc2)C(=O)O)O[Si](C)(C)C(C)(C)C)cn1. The summed E-state index contributed by atoms with van der Waals surface area (Å²) in [6.07, 6.45) is 0.800. The van der Waals surface area contributed by atoms with Crippen LogP contribution in [0, 0.1) is 0 Å². The van der Waals surface area contributed by atoms with Crippen molar-refractivity contribution in [2.75, 3.05) is 18.4 Å². The molecule has 0 aliphatic heterocycles. The highest BCUT2D eigenvalue weighted by Gasteiger charge is 2.40. The smallest absolute Gasteiger partial charge is 0.407 e. The van der Waals surface area contributed by atoms with Crippen molar-refractivity contribution in [3.8, 4) is 0 Å². The van der Waals surface area contributed by atoms with E-state index in [-0.39, 0.29) is 17.5 Å². The van der Waals surface area contributed by atoms with Crippen LogP contribution >= 0.6 is 15.9 Å². The van der Waals surface area contributed by atoms with E-state index in [1.165, 1.54) is 11.8 Å². The van der Waals surface area contributed by atoms with Gasteiger partial charge in [0.15, 0.2) is 8.32 Å². The van der Waals surface area contributed by atoms with Crippen LogP contribution in [0.1, 0.15) is 44.9 Å². The van der Waals surface area contributed by atoms with Crippen LogP contribution in [-0.2, 0) is 15.6 Å². The van der Waals surface area contributed by atoms with Crippen molar-refractivity contribution in [3.05, 3.63) is 58.2 Å². The lowest BCUT2D eigenvalue weighted by Crippen LogP contribution is -2.45. The number of aromatic nitrogens is 1. The molecule has 2 aromatic rings. The molecule has 0 aliphatic rings. The van der Waals surface area contributed by atoms with E-state index in [0.29, 0.717) is 18.8 Å². The Balaban J connectivity index is 2.26. The molecule has 2 amide bonds. The number of carboxylic acid groups (broad SMARTS) is 1. The van der Waals surface area contributed by atoms with Crippen molar-refractivity contribution in [2.45, 2.75) is 58.4 Å². The lowest BCUT2D eigenvalue weighted by molar-refractivity contribution is -0.114. The van der Waals surface area contributed by atoms with Gasteiger partial charge >= 0.3 is 6.09 Å². The maximum Gasteiger partial charge on any atom is 0.407 e. The summed E-state index contributed by atoms with van der Waals surface area (Å²) in [4.78, 5) is 29.1. The maximum atomic E-state index is 12.1. The first-order valence-corrected chi connectivity index (χ1v) is 14.6. The monoisotopic (exact) mass is 535 g/mol. The maximum absolute atomic E-state index is 12.1. The second-order valence-corrected chi connectivity index (χ2v) is 15.3. The molecule has 0 saturated heterocycles. The van der Waals surface area contributed by atoms with Gasteiger partial charge in [0.2, 0.25) is 5.91 Å². The van der Waals surface area contributed by atoms with Gasteiger partial charge in [0.25, 0.3) is 0 Å². The predicted octanol–water partition coefficient (Wildman–Crippen LogP) is 6.09. The second-order valence-electron chi connectivity index (χ2n) is 9.63. The number of nitrogens with one attached hydrogen (secondary N) is 1. The molecule has 33 heavy (non-hydrogen) atoms. The van der Waals surface area contributed by atoms with Gasteiger partial charge in [-0.1, -0.05) is 54.9 Å². The third-order valence-electron chi connectivity index (χ3n) is 5.95. The van der Waals surface area contributed by atoms with Gasteiger partial charge in [0, 0.05) is 24.1 Å². The molecule has 2 N–H and O–H groups in total. The molecule has 1 atom stereocenters. The first-order valence-electron chi connectivity index (χ1n) is 10.9. The normalized spacial score (nSPS) is 12.8. The molecule has 2 rings (SSSR count). The van der Waals surface area contributed by atoms with Crippen LogP contribution in [-0.4, -0.2) is 48.4 Å². The van der Waals surface area contributed by atoms with E-state index in [2.05, 4.69) is 60.1 Å². The molecule has 1 aromatic carbocycles. The number of halogens is 1. The van der Waals surface area contributed by atoms with Crippen LogP contribution in [0.3, 0.4) is 0 Å². The number of hydrogen-bond donors (Lipinski definition) is 2. The van der Waals surface area contributed by atoms with E-state index >= 15 is 0 Å². The first-order chi connectivity index (χ1) is 15.3. The zero-order valence-electron chi connectivity index (χ0n) is 20.2. The zero-order chi connectivity index (χ0) is 24.8.